The molecule has 1 N–H and O–H groups in total. The Hall–Kier alpha value is -2.64. The summed E-state index contributed by atoms with van der Waals surface area (Å²) in [4.78, 5) is 0.254. The molecule has 0 aromatic heterocycles. The van der Waals surface area contributed by atoms with Crippen molar-refractivity contribution in [1.29, 1.82) is 0 Å². The molecule has 194 valence electrons. The van der Waals surface area contributed by atoms with Crippen molar-refractivity contribution in [3.63, 3.8) is 0 Å². The van der Waals surface area contributed by atoms with Crippen molar-refractivity contribution in [3.05, 3.63) is 100 Å². The normalized spacial score (nSPS) is 13.6. The minimum atomic E-state index is -4.48. The third kappa shape index (κ3) is 6.19. The van der Waals surface area contributed by atoms with E-state index in [2.05, 4.69) is 18.6 Å². The fourth-order valence-corrected chi connectivity index (χ4v) is 6.16. The van der Waals surface area contributed by atoms with Crippen LogP contribution in [0.5, 0.6) is 0 Å². The largest absolute Gasteiger partial charge is 0.416 e. The maximum Gasteiger partial charge on any atom is 0.416 e. The summed E-state index contributed by atoms with van der Waals surface area (Å²) in [7, 11) is -4.06. The molecule has 0 unspecified atom stereocenters. The van der Waals surface area contributed by atoms with Crippen LogP contribution in [0.4, 0.5) is 13.2 Å². The third-order valence-electron chi connectivity index (χ3n) is 6.33. The molecule has 3 aromatic rings. The number of alkyl halides is 3. The van der Waals surface area contributed by atoms with Gasteiger partial charge in [0, 0.05) is 0 Å². The lowest BCUT2D eigenvalue weighted by atomic mass is 9.89. The number of rotatable bonds is 8. The summed E-state index contributed by atoms with van der Waals surface area (Å²) in [5.74, 6) is 0.136. The average molecular weight is 518 g/mol. The van der Waals surface area contributed by atoms with Crippen molar-refractivity contribution in [2.24, 2.45) is 0 Å². The molecule has 0 saturated carbocycles. The van der Waals surface area contributed by atoms with E-state index in [1.807, 2.05) is 39.8 Å². The van der Waals surface area contributed by atoms with Crippen molar-refractivity contribution in [1.82, 2.24) is 4.72 Å². The smallest absolute Gasteiger partial charge is 0.207 e. The third-order valence-corrected chi connectivity index (χ3v) is 7.88. The second-order valence-electron chi connectivity index (χ2n) is 10.1. The molecule has 3 nitrogen and oxygen atoms in total. The summed E-state index contributed by atoms with van der Waals surface area (Å²) < 4.78 is 70.4. The summed E-state index contributed by atoms with van der Waals surface area (Å²) in [6, 6.07) is 16.6. The first-order valence-corrected chi connectivity index (χ1v) is 13.6. The highest BCUT2D eigenvalue weighted by Gasteiger charge is 2.32. The molecule has 36 heavy (non-hydrogen) atoms. The standard InChI is InChI=1S/C29H34F3NO2S/c1-18(2)23-16-25(19(3)4)28(26(17-23)20(5)6)36(34,35)33-27(21-10-8-7-9-11-21)22-12-14-24(15-13-22)29(30,31)32/h7-20,27,33H,1-6H3/t27-/m1/s1. The zero-order valence-corrected chi connectivity index (χ0v) is 22.3. The van der Waals surface area contributed by atoms with Crippen LogP contribution in [-0.4, -0.2) is 8.42 Å². The summed E-state index contributed by atoms with van der Waals surface area (Å²) >= 11 is 0. The molecule has 0 aliphatic heterocycles. The van der Waals surface area contributed by atoms with Gasteiger partial charge in [0.05, 0.1) is 16.5 Å². The zero-order valence-electron chi connectivity index (χ0n) is 21.5. The lowest BCUT2D eigenvalue weighted by Crippen LogP contribution is -2.31. The fourth-order valence-electron chi connectivity index (χ4n) is 4.25. The Labute approximate surface area is 212 Å². The maximum absolute atomic E-state index is 14.1. The molecule has 1 atom stereocenters. The van der Waals surface area contributed by atoms with E-state index in [0.29, 0.717) is 11.1 Å². The van der Waals surface area contributed by atoms with Crippen LogP contribution in [0, 0.1) is 0 Å². The van der Waals surface area contributed by atoms with Crippen LogP contribution in [0.25, 0.3) is 0 Å². The van der Waals surface area contributed by atoms with Crippen LogP contribution in [0.1, 0.15) is 98.7 Å². The number of hydrogen-bond donors (Lipinski definition) is 1. The Kier molecular flexibility index (Phi) is 8.36. The number of benzene rings is 3. The van der Waals surface area contributed by atoms with Crippen molar-refractivity contribution in [2.45, 2.75) is 76.4 Å². The van der Waals surface area contributed by atoms with Gasteiger partial charge >= 0.3 is 6.18 Å². The Morgan fingerprint density at radius 3 is 1.56 bits per heavy atom. The first-order chi connectivity index (χ1) is 16.7. The molecule has 0 aliphatic rings. The van der Waals surface area contributed by atoms with E-state index in [0.717, 1.165) is 28.8 Å². The van der Waals surface area contributed by atoms with Crippen molar-refractivity contribution in [3.8, 4) is 0 Å². The lowest BCUT2D eigenvalue weighted by Gasteiger charge is -2.26. The van der Waals surface area contributed by atoms with Gasteiger partial charge in [-0.05, 0) is 57.7 Å². The molecule has 3 rings (SSSR count). The Balaban J connectivity index is 2.18. The molecule has 0 aliphatic carbocycles. The van der Waals surface area contributed by atoms with Crippen LogP contribution in [0.15, 0.2) is 71.6 Å². The second-order valence-corrected chi connectivity index (χ2v) is 11.7. The molecule has 0 radical (unpaired) electrons. The molecule has 0 heterocycles. The van der Waals surface area contributed by atoms with Crippen molar-refractivity contribution >= 4 is 10.0 Å². The highest BCUT2D eigenvalue weighted by Crippen LogP contribution is 2.37. The number of sulfonamides is 1. The number of halogens is 3. The lowest BCUT2D eigenvalue weighted by molar-refractivity contribution is -0.137. The molecule has 3 aromatic carbocycles. The summed E-state index contributed by atoms with van der Waals surface area (Å²) in [5.41, 5.74) is 2.82. The van der Waals surface area contributed by atoms with Gasteiger partial charge in [0.1, 0.15) is 0 Å². The highest BCUT2D eigenvalue weighted by molar-refractivity contribution is 7.89. The van der Waals surface area contributed by atoms with Gasteiger partial charge in [-0.2, -0.15) is 17.9 Å². The van der Waals surface area contributed by atoms with Crippen molar-refractivity contribution in [2.75, 3.05) is 0 Å². The van der Waals surface area contributed by atoms with Crippen molar-refractivity contribution < 1.29 is 21.6 Å². The minimum Gasteiger partial charge on any atom is -0.207 e. The summed E-state index contributed by atoms with van der Waals surface area (Å²) in [5, 5.41) is 0. The van der Waals surface area contributed by atoms with E-state index < -0.39 is 27.8 Å². The molecule has 7 heteroatoms. The van der Waals surface area contributed by atoms with Crippen LogP contribution in [-0.2, 0) is 16.2 Å². The summed E-state index contributed by atoms with van der Waals surface area (Å²) in [6.07, 6.45) is -4.48. The number of hydrogen-bond acceptors (Lipinski definition) is 2. The Morgan fingerprint density at radius 1 is 0.667 bits per heavy atom. The van der Waals surface area contributed by atoms with E-state index in [1.54, 1.807) is 30.3 Å². The van der Waals surface area contributed by atoms with E-state index >= 15 is 0 Å². The van der Waals surface area contributed by atoms with Crippen LogP contribution in [0.2, 0.25) is 0 Å². The Morgan fingerprint density at radius 2 is 1.14 bits per heavy atom. The molecule has 0 amide bonds. The van der Waals surface area contributed by atoms with Gasteiger partial charge in [0.25, 0.3) is 0 Å². The average Bonchev–Trinajstić information content (AvgIpc) is 2.81. The van der Waals surface area contributed by atoms with E-state index in [-0.39, 0.29) is 22.6 Å². The van der Waals surface area contributed by atoms with Crippen LogP contribution >= 0.6 is 0 Å². The van der Waals surface area contributed by atoms with Gasteiger partial charge in [-0.25, -0.2) is 8.42 Å². The molecule has 0 bridgehead atoms. The zero-order chi connectivity index (χ0) is 26.8. The van der Waals surface area contributed by atoms with Gasteiger partial charge in [-0.15, -0.1) is 0 Å². The predicted molar refractivity (Wildman–Crippen MR) is 139 cm³/mol. The van der Waals surface area contributed by atoms with Gasteiger partial charge in [0.2, 0.25) is 10.0 Å². The van der Waals surface area contributed by atoms with Crippen LogP contribution in [0.3, 0.4) is 0 Å². The van der Waals surface area contributed by atoms with E-state index in [4.69, 9.17) is 0 Å². The molecular weight excluding hydrogens is 483 g/mol. The quantitative estimate of drug-likeness (QED) is 0.328. The van der Waals surface area contributed by atoms with E-state index in [1.165, 1.54) is 12.1 Å². The van der Waals surface area contributed by atoms with Gasteiger partial charge in [0.15, 0.2) is 0 Å². The van der Waals surface area contributed by atoms with Gasteiger partial charge < -0.3 is 0 Å². The minimum absolute atomic E-state index is 0.0472. The monoisotopic (exact) mass is 517 g/mol. The maximum atomic E-state index is 14.1. The fraction of sp³-hybridized carbons (Fsp3) is 0.379. The van der Waals surface area contributed by atoms with Gasteiger partial charge in [-0.1, -0.05) is 96.1 Å². The highest BCUT2D eigenvalue weighted by atomic mass is 32.2. The van der Waals surface area contributed by atoms with E-state index in [9.17, 15) is 21.6 Å². The second kappa shape index (κ2) is 10.8. The number of nitrogens with one attached hydrogen (secondary N) is 1. The van der Waals surface area contributed by atoms with Gasteiger partial charge in [-0.3, -0.25) is 0 Å². The first kappa shape index (κ1) is 27.9. The molecule has 0 fully saturated rings. The molecule has 0 saturated heterocycles. The summed E-state index contributed by atoms with van der Waals surface area (Å²) in [6.45, 7) is 12.0. The molecule has 0 spiro atoms. The predicted octanol–water partition coefficient (Wildman–Crippen LogP) is 8.14. The first-order valence-electron chi connectivity index (χ1n) is 12.1. The topological polar surface area (TPSA) is 46.2 Å². The SMILES string of the molecule is CC(C)c1cc(C(C)C)c(S(=O)(=O)N[C@H](c2ccccc2)c2ccc(C(F)(F)F)cc2)c(C(C)C)c1. The van der Waals surface area contributed by atoms with Crippen LogP contribution < -0.4 is 4.72 Å². The molecular formula is C29H34F3NO2S. The Bertz CT molecular complexity index is 1250.